The fraction of sp³-hybridized carbons (Fsp3) is 0.526. The Labute approximate surface area is 155 Å². The van der Waals surface area contributed by atoms with Gasteiger partial charge in [0.05, 0.1) is 13.2 Å². The van der Waals surface area contributed by atoms with Gasteiger partial charge in [0.2, 0.25) is 0 Å². The van der Waals surface area contributed by atoms with Gasteiger partial charge in [-0.05, 0) is 25.3 Å². The van der Waals surface area contributed by atoms with Gasteiger partial charge in [-0.1, -0.05) is 37.3 Å². The maximum absolute atomic E-state index is 5.80. The monoisotopic (exact) mass is 358 g/mol. The van der Waals surface area contributed by atoms with Crippen molar-refractivity contribution in [2.75, 3.05) is 19.7 Å². The van der Waals surface area contributed by atoms with E-state index in [0.29, 0.717) is 25.7 Å². The van der Waals surface area contributed by atoms with Crippen molar-refractivity contribution in [3.05, 3.63) is 47.5 Å². The molecule has 1 atom stereocenters. The number of aliphatic imine (C=N–C) groups is 1. The second-order valence-electron chi connectivity index (χ2n) is 6.40. The SMILES string of the molecule is CCNC(=NCc1nnc(C)n1C)NCC(C)COCc1ccccc1. The number of aromatic nitrogens is 3. The number of hydrogen-bond acceptors (Lipinski definition) is 4. The molecule has 2 N–H and O–H groups in total. The molecule has 1 aromatic carbocycles. The van der Waals surface area contributed by atoms with E-state index in [4.69, 9.17) is 4.74 Å². The van der Waals surface area contributed by atoms with E-state index in [1.807, 2.05) is 36.7 Å². The van der Waals surface area contributed by atoms with E-state index < -0.39 is 0 Å². The molecule has 0 spiro atoms. The van der Waals surface area contributed by atoms with Crippen molar-refractivity contribution in [2.45, 2.75) is 33.9 Å². The first-order valence-corrected chi connectivity index (χ1v) is 9.08. The fourth-order valence-electron chi connectivity index (χ4n) is 2.36. The van der Waals surface area contributed by atoms with Crippen LogP contribution in [0.15, 0.2) is 35.3 Å². The number of ether oxygens (including phenoxy) is 1. The van der Waals surface area contributed by atoms with Gasteiger partial charge in [0.25, 0.3) is 0 Å². The first-order valence-electron chi connectivity index (χ1n) is 9.08. The summed E-state index contributed by atoms with van der Waals surface area (Å²) in [6.45, 7) is 9.58. The van der Waals surface area contributed by atoms with Crippen molar-refractivity contribution in [3.8, 4) is 0 Å². The molecule has 0 bridgehead atoms. The number of benzene rings is 1. The molecule has 7 heteroatoms. The molecule has 0 aliphatic rings. The lowest BCUT2D eigenvalue weighted by molar-refractivity contribution is 0.0931. The average Bonchev–Trinajstić information content (AvgIpc) is 2.97. The van der Waals surface area contributed by atoms with Crippen LogP contribution in [-0.4, -0.2) is 40.4 Å². The largest absolute Gasteiger partial charge is 0.376 e. The van der Waals surface area contributed by atoms with Gasteiger partial charge in [-0.2, -0.15) is 0 Å². The highest BCUT2D eigenvalue weighted by molar-refractivity contribution is 5.79. The number of nitrogens with one attached hydrogen (secondary N) is 2. The molecule has 0 fully saturated rings. The normalized spacial score (nSPS) is 12.8. The highest BCUT2D eigenvalue weighted by Gasteiger charge is 2.07. The molecule has 2 aromatic rings. The van der Waals surface area contributed by atoms with Crippen LogP contribution in [0.5, 0.6) is 0 Å². The standard InChI is InChI=1S/C19H30N6O/c1-5-20-19(22-12-18-24-23-16(3)25(18)4)21-11-15(2)13-26-14-17-9-7-6-8-10-17/h6-10,15H,5,11-14H2,1-4H3,(H2,20,21,22). The van der Waals surface area contributed by atoms with Crippen LogP contribution < -0.4 is 10.6 Å². The van der Waals surface area contributed by atoms with Crippen molar-refractivity contribution in [2.24, 2.45) is 18.0 Å². The molecule has 0 amide bonds. The van der Waals surface area contributed by atoms with Gasteiger partial charge < -0.3 is 19.9 Å². The van der Waals surface area contributed by atoms with Gasteiger partial charge >= 0.3 is 0 Å². The predicted octanol–water partition coefficient (Wildman–Crippen LogP) is 2.03. The summed E-state index contributed by atoms with van der Waals surface area (Å²) in [7, 11) is 1.95. The van der Waals surface area contributed by atoms with E-state index >= 15 is 0 Å². The van der Waals surface area contributed by atoms with Crippen molar-refractivity contribution in [1.82, 2.24) is 25.4 Å². The molecule has 1 unspecified atom stereocenters. The second-order valence-corrected chi connectivity index (χ2v) is 6.40. The van der Waals surface area contributed by atoms with Gasteiger partial charge in [-0.3, -0.25) is 0 Å². The summed E-state index contributed by atoms with van der Waals surface area (Å²) in [4.78, 5) is 4.59. The Morgan fingerprint density at radius 3 is 2.65 bits per heavy atom. The molecule has 0 radical (unpaired) electrons. The lowest BCUT2D eigenvalue weighted by Gasteiger charge is -2.16. The maximum atomic E-state index is 5.80. The zero-order chi connectivity index (χ0) is 18.8. The lowest BCUT2D eigenvalue weighted by atomic mass is 10.2. The molecule has 1 aromatic heterocycles. The van der Waals surface area contributed by atoms with E-state index in [0.717, 1.165) is 30.7 Å². The number of guanidine groups is 1. The van der Waals surface area contributed by atoms with Crippen molar-refractivity contribution < 1.29 is 4.74 Å². The van der Waals surface area contributed by atoms with Crippen molar-refractivity contribution in [3.63, 3.8) is 0 Å². The number of nitrogens with zero attached hydrogens (tertiary/aromatic N) is 4. The fourth-order valence-corrected chi connectivity index (χ4v) is 2.36. The molecule has 142 valence electrons. The Bertz CT molecular complexity index is 683. The van der Waals surface area contributed by atoms with E-state index in [2.05, 4.69) is 51.8 Å². The van der Waals surface area contributed by atoms with E-state index in [1.54, 1.807) is 0 Å². The average molecular weight is 358 g/mol. The Morgan fingerprint density at radius 1 is 1.23 bits per heavy atom. The molecule has 0 aliphatic heterocycles. The van der Waals surface area contributed by atoms with Crippen LogP contribution in [0.3, 0.4) is 0 Å². The number of hydrogen-bond donors (Lipinski definition) is 2. The van der Waals surface area contributed by atoms with Crippen molar-refractivity contribution in [1.29, 1.82) is 0 Å². The van der Waals surface area contributed by atoms with Crippen LogP contribution in [0, 0.1) is 12.8 Å². The molecule has 2 rings (SSSR count). The molecular formula is C19H30N6O. The van der Waals surface area contributed by atoms with Gasteiger partial charge in [-0.25, -0.2) is 4.99 Å². The Kier molecular flexibility index (Phi) is 8.08. The molecule has 26 heavy (non-hydrogen) atoms. The molecule has 0 saturated carbocycles. The van der Waals surface area contributed by atoms with E-state index in [1.165, 1.54) is 5.56 Å². The van der Waals surface area contributed by atoms with E-state index in [-0.39, 0.29) is 0 Å². The number of aryl methyl sites for hydroxylation is 1. The van der Waals surface area contributed by atoms with Crippen LogP contribution in [0.2, 0.25) is 0 Å². The number of rotatable bonds is 9. The molecule has 0 aliphatic carbocycles. The van der Waals surface area contributed by atoms with E-state index in [9.17, 15) is 0 Å². The van der Waals surface area contributed by atoms with Gasteiger partial charge in [-0.15, -0.1) is 10.2 Å². The van der Waals surface area contributed by atoms with Crippen LogP contribution in [0.4, 0.5) is 0 Å². The van der Waals surface area contributed by atoms with Gasteiger partial charge in [0.1, 0.15) is 12.4 Å². The summed E-state index contributed by atoms with van der Waals surface area (Å²) in [5.41, 5.74) is 1.20. The Balaban J connectivity index is 1.75. The lowest BCUT2D eigenvalue weighted by Crippen LogP contribution is -2.40. The van der Waals surface area contributed by atoms with Crippen LogP contribution in [-0.2, 0) is 24.9 Å². The van der Waals surface area contributed by atoms with Gasteiger partial charge in [0.15, 0.2) is 11.8 Å². The maximum Gasteiger partial charge on any atom is 0.191 e. The zero-order valence-electron chi connectivity index (χ0n) is 16.2. The summed E-state index contributed by atoms with van der Waals surface area (Å²) >= 11 is 0. The third kappa shape index (κ3) is 6.48. The van der Waals surface area contributed by atoms with Gasteiger partial charge in [0, 0.05) is 20.1 Å². The summed E-state index contributed by atoms with van der Waals surface area (Å²) < 4.78 is 7.75. The van der Waals surface area contributed by atoms with Crippen LogP contribution in [0.25, 0.3) is 0 Å². The predicted molar refractivity (Wildman–Crippen MR) is 104 cm³/mol. The summed E-state index contributed by atoms with van der Waals surface area (Å²) in [5.74, 6) is 2.89. The summed E-state index contributed by atoms with van der Waals surface area (Å²) in [6, 6.07) is 10.2. The molecule has 1 heterocycles. The smallest absolute Gasteiger partial charge is 0.191 e. The minimum atomic E-state index is 0.375. The topological polar surface area (TPSA) is 76.4 Å². The highest BCUT2D eigenvalue weighted by Crippen LogP contribution is 2.03. The highest BCUT2D eigenvalue weighted by atomic mass is 16.5. The first kappa shape index (κ1) is 19.9. The molecule has 7 nitrogen and oxygen atoms in total. The summed E-state index contributed by atoms with van der Waals surface area (Å²) in [5, 5.41) is 14.8. The molecular weight excluding hydrogens is 328 g/mol. The first-order chi connectivity index (χ1) is 12.6. The van der Waals surface area contributed by atoms with Crippen LogP contribution in [0.1, 0.15) is 31.1 Å². The van der Waals surface area contributed by atoms with Crippen molar-refractivity contribution >= 4 is 5.96 Å². The Morgan fingerprint density at radius 2 is 2.00 bits per heavy atom. The second kappa shape index (κ2) is 10.6. The Hall–Kier alpha value is -2.41. The zero-order valence-corrected chi connectivity index (χ0v) is 16.2. The minimum Gasteiger partial charge on any atom is -0.376 e. The van der Waals surface area contributed by atoms with Crippen LogP contribution >= 0.6 is 0 Å². The third-order valence-corrected chi connectivity index (χ3v) is 4.04. The summed E-state index contributed by atoms with van der Waals surface area (Å²) in [6.07, 6.45) is 0. The molecule has 0 saturated heterocycles. The third-order valence-electron chi connectivity index (χ3n) is 4.04. The minimum absolute atomic E-state index is 0.375. The quantitative estimate of drug-likeness (QED) is 0.530.